The molecule has 0 saturated carbocycles. The minimum Gasteiger partial charge on any atom is -0.354 e. The van der Waals surface area contributed by atoms with Crippen molar-refractivity contribution in [1.29, 1.82) is 0 Å². The van der Waals surface area contributed by atoms with Gasteiger partial charge < -0.3 is 10.2 Å². The number of fused-ring (bicyclic) bond motifs is 1. The summed E-state index contributed by atoms with van der Waals surface area (Å²) < 4.78 is 0. The fourth-order valence-corrected chi connectivity index (χ4v) is 3.84. The summed E-state index contributed by atoms with van der Waals surface area (Å²) in [6, 6.07) is 13.4. The molecule has 1 N–H and O–H groups in total. The second-order valence-corrected chi connectivity index (χ2v) is 7.71. The minimum atomic E-state index is -0.929. The molecule has 28 heavy (non-hydrogen) atoms. The summed E-state index contributed by atoms with van der Waals surface area (Å²) in [6.07, 6.45) is 1.80. The molecule has 1 saturated heterocycles. The first-order chi connectivity index (χ1) is 13.5. The van der Waals surface area contributed by atoms with Crippen molar-refractivity contribution in [2.24, 2.45) is 0 Å². The summed E-state index contributed by atoms with van der Waals surface area (Å²) in [5, 5.41) is 2.90. The Morgan fingerprint density at radius 1 is 1.07 bits per heavy atom. The zero-order chi connectivity index (χ0) is 19.7. The van der Waals surface area contributed by atoms with Gasteiger partial charge in [0.25, 0.3) is 0 Å². The third kappa shape index (κ3) is 3.33. The van der Waals surface area contributed by atoms with Gasteiger partial charge >= 0.3 is 0 Å². The van der Waals surface area contributed by atoms with E-state index in [-0.39, 0.29) is 11.8 Å². The van der Waals surface area contributed by atoms with E-state index in [1.807, 2.05) is 42.5 Å². The average molecular weight is 379 g/mol. The van der Waals surface area contributed by atoms with E-state index in [0.29, 0.717) is 12.2 Å². The van der Waals surface area contributed by atoms with Crippen LogP contribution in [0.25, 0.3) is 0 Å². The van der Waals surface area contributed by atoms with Crippen molar-refractivity contribution in [1.82, 2.24) is 9.88 Å². The van der Waals surface area contributed by atoms with Gasteiger partial charge in [0.05, 0.1) is 17.9 Å². The number of anilines is 3. The number of nitrogens with one attached hydrogen (secondary N) is 1. The molecule has 146 valence electrons. The van der Waals surface area contributed by atoms with Gasteiger partial charge in [0, 0.05) is 32.4 Å². The fourth-order valence-electron chi connectivity index (χ4n) is 3.84. The lowest BCUT2D eigenvalue weighted by Gasteiger charge is -2.43. The summed E-state index contributed by atoms with van der Waals surface area (Å²) in [6.45, 7) is 7.08. The average Bonchev–Trinajstić information content (AvgIpc) is 2.70. The number of para-hydroxylation sites is 2. The van der Waals surface area contributed by atoms with Crippen molar-refractivity contribution >= 4 is 29.0 Å². The minimum absolute atomic E-state index is 0.0569. The molecule has 0 unspecified atom stereocenters. The van der Waals surface area contributed by atoms with Crippen LogP contribution in [-0.2, 0) is 9.59 Å². The van der Waals surface area contributed by atoms with Crippen molar-refractivity contribution < 1.29 is 9.59 Å². The molecule has 7 nitrogen and oxygen atoms in total. The van der Waals surface area contributed by atoms with E-state index in [0.717, 1.165) is 37.7 Å². The lowest BCUT2D eigenvalue weighted by molar-refractivity contribution is -0.127. The van der Waals surface area contributed by atoms with Crippen molar-refractivity contribution in [3.8, 4) is 0 Å². The lowest BCUT2D eigenvalue weighted by Crippen LogP contribution is -2.61. The monoisotopic (exact) mass is 379 g/mol. The zero-order valence-electron chi connectivity index (χ0n) is 16.3. The number of hydrogen-bond acceptors (Lipinski definition) is 5. The Labute approximate surface area is 164 Å². The Balaban J connectivity index is 1.46. The van der Waals surface area contributed by atoms with Crippen LogP contribution in [0.5, 0.6) is 0 Å². The summed E-state index contributed by atoms with van der Waals surface area (Å²) in [5.41, 5.74) is 0.505. The highest BCUT2D eigenvalue weighted by atomic mass is 16.2. The van der Waals surface area contributed by atoms with Crippen molar-refractivity contribution in [2.45, 2.75) is 19.4 Å². The number of rotatable bonds is 3. The Hall–Kier alpha value is -2.93. The lowest BCUT2D eigenvalue weighted by atomic mass is 9.96. The molecule has 1 aromatic carbocycles. The third-order valence-corrected chi connectivity index (χ3v) is 5.46. The van der Waals surface area contributed by atoms with Crippen LogP contribution in [0.2, 0.25) is 0 Å². The molecule has 7 heteroatoms. The smallest absolute Gasteiger partial charge is 0.250 e. The highest BCUT2D eigenvalue weighted by Crippen LogP contribution is 2.36. The van der Waals surface area contributed by atoms with Crippen LogP contribution in [-0.4, -0.2) is 60.0 Å². The molecule has 0 spiro atoms. The number of carbonyl (C=O) groups is 2. The summed E-state index contributed by atoms with van der Waals surface area (Å²) in [7, 11) is 0. The summed E-state index contributed by atoms with van der Waals surface area (Å²) in [5.74, 6) is 0.745. The number of piperazine rings is 1. The second-order valence-electron chi connectivity index (χ2n) is 7.71. The van der Waals surface area contributed by atoms with Gasteiger partial charge in [-0.25, -0.2) is 4.98 Å². The van der Waals surface area contributed by atoms with E-state index >= 15 is 0 Å². The molecule has 0 atom stereocenters. The largest absolute Gasteiger partial charge is 0.354 e. The maximum atomic E-state index is 13.2. The molecule has 2 aromatic rings. The molecular weight excluding hydrogens is 354 g/mol. The van der Waals surface area contributed by atoms with Gasteiger partial charge in [-0.3, -0.25) is 19.4 Å². The molecule has 1 fully saturated rings. The molecule has 0 bridgehead atoms. The molecule has 2 aliphatic rings. The number of benzene rings is 1. The van der Waals surface area contributed by atoms with Crippen molar-refractivity contribution in [2.75, 3.05) is 47.8 Å². The van der Waals surface area contributed by atoms with Gasteiger partial charge in [0.1, 0.15) is 11.4 Å². The van der Waals surface area contributed by atoms with Crippen LogP contribution < -0.4 is 15.1 Å². The van der Waals surface area contributed by atoms with Gasteiger partial charge in [-0.1, -0.05) is 18.2 Å². The molecule has 2 amide bonds. The first kappa shape index (κ1) is 18.4. The maximum absolute atomic E-state index is 13.2. The van der Waals surface area contributed by atoms with Gasteiger partial charge in [-0.15, -0.1) is 0 Å². The zero-order valence-corrected chi connectivity index (χ0v) is 16.3. The number of hydrogen-bond donors (Lipinski definition) is 1. The number of pyridine rings is 1. The quantitative estimate of drug-likeness (QED) is 0.883. The van der Waals surface area contributed by atoms with E-state index < -0.39 is 5.54 Å². The van der Waals surface area contributed by atoms with E-state index in [4.69, 9.17) is 0 Å². The van der Waals surface area contributed by atoms with Crippen LogP contribution >= 0.6 is 0 Å². The van der Waals surface area contributed by atoms with Crippen LogP contribution in [0.4, 0.5) is 17.2 Å². The first-order valence-corrected chi connectivity index (χ1v) is 9.59. The van der Waals surface area contributed by atoms with Gasteiger partial charge in [0.15, 0.2) is 0 Å². The third-order valence-electron chi connectivity index (χ3n) is 5.46. The molecular formula is C21H25N5O2. The van der Waals surface area contributed by atoms with Crippen LogP contribution in [0.3, 0.4) is 0 Å². The van der Waals surface area contributed by atoms with Crippen LogP contribution in [0.15, 0.2) is 48.7 Å². The fraction of sp³-hybridized carbons (Fsp3) is 0.381. The maximum Gasteiger partial charge on any atom is 0.250 e. The molecule has 0 radical (unpaired) electrons. The Morgan fingerprint density at radius 2 is 1.79 bits per heavy atom. The van der Waals surface area contributed by atoms with Gasteiger partial charge in [-0.2, -0.15) is 0 Å². The van der Waals surface area contributed by atoms with Crippen molar-refractivity contribution in [3.05, 3.63) is 48.7 Å². The van der Waals surface area contributed by atoms with E-state index in [1.165, 1.54) is 0 Å². The second kappa shape index (κ2) is 7.24. The van der Waals surface area contributed by atoms with E-state index in [1.54, 1.807) is 24.9 Å². The Kier molecular flexibility index (Phi) is 4.77. The number of aromatic nitrogens is 1. The number of amides is 2. The topological polar surface area (TPSA) is 68.8 Å². The number of nitrogens with zero attached hydrogens (tertiary/aromatic N) is 4. The highest BCUT2D eigenvalue weighted by molar-refractivity contribution is 6.14. The van der Waals surface area contributed by atoms with Crippen LogP contribution in [0, 0.1) is 0 Å². The van der Waals surface area contributed by atoms with Crippen molar-refractivity contribution in [3.63, 3.8) is 0 Å². The van der Waals surface area contributed by atoms with Crippen LogP contribution in [0.1, 0.15) is 13.8 Å². The van der Waals surface area contributed by atoms with Gasteiger partial charge in [0.2, 0.25) is 11.8 Å². The summed E-state index contributed by atoms with van der Waals surface area (Å²) >= 11 is 0. The first-order valence-electron chi connectivity index (χ1n) is 9.59. The molecule has 0 aliphatic carbocycles. The normalized spacial score (nSPS) is 19.1. The molecule has 2 aliphatic heterocycles. The SMILES string of the molecule is CC1(C)C(=O)Nc2ccccc2N1C(=O)CN1CCN(c2ccccn2)CC1. The predicted molar refractivity (Wildman–Crippen MR) is 110 cm³/mol. The van der Waals surface area contributed by atoms with E-state index in [9.17, 15) is 9.59 Å². The highest BCUT2D eigenvalue weighted by Gasteiger charge is 2.43. The Morgan fingerprint density at radius 3 is 2.50 bits per heavy atom. The van der Waals surface area contributed by atoms with E-state index in [2.05, 4.69) is 20.1 Å². The Bertz CT molecular complexity index is 875. The molecule has 1 aromatic heterocycles. The molecule has 4 rings (SSSR count). The predicted octanol–water partition coefficient (Wildman–Crippen LogP) is 1.97. The summed E-state index contributed by atoms with van der Waals surface area (Å²) in [4.78, 5) is 36.2. The standard InChI is InChI=1S/C21H25N5O2/c1-21(2)20(28)23-16-7-3-4-8-17(16)26(21)19(27)15-24-11-13-25(14-12-24)18-9-5-6-10-22-18/h3-10H,11-15H2,1-2H3,(H,23,28). The number of carbonyl (C=O) groups excluding carboxylic acids is 2. The molecule has 3 heterocycles. The van der Waals surface area contributed by atoms with Gasteiger partial charge in [-0.05, 0) is 38.1 Å².